The first-order chi connectivity index (χ1) is 19.6. The molecule has 0 N–H and O–H groups in total. The molecule has 1 aliphatic heterocycles. The molecule has 0 aromatic heterocycles. The van der Waals surface area contributed by atoms with Crippen LogP contribution in [0.15, 0.2) is 60.7 Å². The molecule has 8 heteroatoms. The molecule has 10 radical (unpaired) electrons. The SMILES string of the molecule is CC(C)(C)C(=O)N1[C@H]([C]2[CH][CH][CH][CH]2)OC(=O)[C@@]1(C)[C@H](OC(=O)OCc1ccccc1)c1ccccc1.[CH]1[CH][CH][CH][CH]1.[Fe+2]. The van der Waals surface area contributed by atoms with Crippen molar-refractivity contribution in [2.24, 2.45) is 5.41 Å². The van der Waals surface area contributed by atoms with Crippen molar-refractivity contribution < 1.29 is 45.7 Å². The van der Waals surface area contributed by atoms with E-state index in [2.05, 4.69) is 0 Å². The molecule has 1 amide bonds. The third-order valence-electron chi connectivity index (χ3n) is 6.78. The number of amides is 1. The number of nitrogens with zero attached hydrogens (tertiary/aromatic N) is 1. The van der Waals surface area contributed by atoms with Crippen molar-refractivity contribution in [1.29, 1.82) is 0 Å². The molecule has 1 heterocycles. The normalized spacial score (nSPS) is 22.8. The molecule has 2 aromatic carbocycles. The van der Waals surface area contributed by atoms with Crippen molar-refractivity contribution in [3.05, 3.63) is 135 Å². The second kappa shape index (κ2) is 15.1. The van der Waals surface area contributed by atoms with Crippen LogP contribution in [0.4, 0.5) is 4.79 Å². The maximum Gasteiger partial charge on any atom is 2.00 e. The molecule has 2 aromatic rings. The molecule has 0 bridgehead atoms. The van der Waals surface area contributed by atoms with Gasteiger partial charge in [0, 0.05) is 11.3 Å². The average molecular weight is 610 g/mol. The molecule has 2 saturated carbocycles. The van der Waals surface area contributed by atoms with E-state index in [0.29, 0.717) is 11.5 Å². The van der Waals surface area contributed by atoms with Gasteiger partial charge < -0.3 is 14.2 Å². The van der Waals surface area contributed by atoms with Gasteiger partial charge in [0.25, 0.3) is 0 Å². The predicted octanol–water partition coefficient (Wildman–Crippen LogP) is 6.02. The minimum Gasteiger partial charge on any atom is -0.439 e. The first-order valence-electron chi connectivity index (χ1n) is 13.5. The molecule has 218 valence electrons. The summed E-state index contributed by atoms with van der Waals surface area (Å²) in [6.07, 6.45) is 14.1. The van der Waals surface area contributed by atoms with Gasteiger partial charge in [0.2, 0.25) is 5.91 Å². The van der Waals surface area contributed by atoms with E-state index in [1.54, 1.807) is 64.8 Å². The van der Waals surface area contributed by atoms with Crippen LogP contribution in [0.1, 0.15) is 44.9 Å². The van der Waals surface area contributed by atoms with Gasteiger partial charge in [0.05, 0.1) is 0 Å². The summed E-state index contributed by atoms with van der Waals surface area (Å²) >= 11 is 0. The molecule has 7 nitrogen and oxygen atoms in total. The second-order valence-corrected chi connectivity index (χ2v) is 10.9. The minimum absolute atomic E-state index is 0. The first-order valence-corrected chi connectivity index (χ1v) is 13.5. The van der Waals surface area contributed by atoms with Crippen molar-refractivity contribution >= 4 is 18.0 Å². The number of cyclic esters (lactones) is 1. The molecule has 3 fully saturated rings. The Bertz CT molecular complexity index is 1150. The van der Waals surface area contributed by atoms with Gasteiger partial charge in [-0.05, 0) is 75.8 Å². The van der Waals surface area contributed by atoms with Gasteiger partial charge in [-0.15, -0.1) is 0 Å². The number of ether oxygens (including phenoxy) is 3. The number of carbonyl (C=O) groups is 3. The maximum atomic E-state index is 13.8. The van der Waals surface area contributed by atoms with Crippen LogP contribution >= 0.6 is 0 Å². The second-order valence-electron chi connectivity index (χ2n) is 10.9. The number of rotatable bonds is 6. The first kappa shape index (κ1) is 33.7. The Balaban J connectivity index is 0.000000730. The van der Waals surface area contributed by atoms with Crippen LogP contribution in [-0.2, 0) is 47.5 Å². The maximum absolute atomic E-state index is 13.8. The molecule has 3 atom stereocenters. The summed E-state index contributed by atoms with van der Waals surface area (Å²) in [6.45, 7) is 6.89. The smallest absolute Gasteiger partial charge is 0.439 e. The summed E-state index contributed by atoms with van der Waals surface area (Å²) in [7, 11) is 0. The van der Waals surface area contributed by atoms with Gasteiger partial charge >= 0.3 is 29.2 Å². The Hall–Kier alpha value is -2.83. The van der Waals surface area contributed by atoms with E-state index in [-0.39, 0.29) is 29.6 Å². The molecular weight excluding hydrogens is 574 g/mol. The molecule has 0 unspecified atom stereocenters. The third kappa shape index (κ3) is 7.96. The Labute approximate surface area is 261 Å². The van der Waals surface area contributed by atoms with Gasteiger partial charge in [-0.1, -0.05) is 81.4 Å². The minimum atomic E-state index is -1.65. The zero-order valence-electron chi connectivity index (χ0n) is 24.1. The quantitative estimate of drug-likeness (QED) is 0.294. The summed E-state index contributed by atoms with van der Waals surface area (Å²) in [5, 5.41) is 0. The summed E-state index contributed by atoms with van der Waals surface area (Å²) in [5.74, 6) is -0.330. The zero-order chi connectivity index (χ0) is 29.5. The molecule has 0 spiro atoms. The van der Waals surface area contributed by atoms with Gasteiger partial charge in [-0.2, -0.15) is 0 Å². The molecular formula is C34H35FeNO6+2. The predicted molar refractivity (Wildman–Crippen MR) is 153 cm³/mol. The largest absolute Gasteiger partial charge is 2.00 e. The summed E-state index contributed by atoms with van der Waals surface area (Å²) in [6, 6.07) is 18.0. The Morgan fingerprint density at radius 1 is 0.881 bits per heavy atom. The number of carbonyl (C=O) groups excluding carboxylic acids is 3. The van der Waals surface area contributed by atoms with Crippen molar-refractivity contribution in [1.82, 2.24) is 4.90 Å². The van der Waals surface area contributed by atoms with Gasteiger partial charge in [0.1, 0.15) is 6.61 Å². The molecule has 42 heavy (non-hydrogen) atoms. The van der Waals surface area contributed by atoms with Crippen LogP contribution in [0.5, 0.6) is 0 Å². The van der Waals surface area contributed by atoms with Crippen LogP contribution in [0.25, 0.3) is 0 Å². The monoisotopic (exact) mass is 609 g/mol. The summed E-state index contributed by atoms with van der Waals surface area (Å²) < 4.78 is 17.0. The van der Waals surface area contributed by atoms with Crippen molar-refractivity contribution in [2.75, 3.05) is 0 Å². The third-order valence-corrected chi connectivity index (χ3v) is 6.78. The number of hydrogen-bond donors (Lipinski definition) is 0. The summed E-state index contributed by atoms with van der Waals surface area (Å²) in [5.41, 5.74) is -1.17. The van der Waals surface area contributed by atoms with Crippen LogP contribution in [0.3, 0.4) is 0 Å². The van der Waals surface area contributed by atoms with E-state index in [0.717, 1.165) is 5.56 Å². The van der Waals surface area contributed by atoms with E-state index in [4.69, 9.17) is 14.2 Å². The van der Waals surface area contributed by atoms with Crippen LogP contribution in [-0.4, -0.2) is 34.7 Å². The number of benzene rings is 2. The van der Waals surface area contributed by atoms with Gasteiger partial charge in [-0.3, -0.25) is 9.69 Å². The molecule has 5 rings (SSSR count). The van der Waals surface area contributed by atoms with Crippen LogP contribution < -0.4 is 0 Å². The summed E-state index contributed by atoms with van der Waals surface area (Å²) in [4.78, 5) is 41.7. The van der Waals surface area contributed by atoms with E-state index in [1.165, 1.54) is 4.90 Å². The Morgan fingerprint density at radius 2 is 1.40 bits per heavy atom. The fourth-order valence-electron chi connectivity index (χ4n) is 4.60. The molecule has 1 saturated heterocycles. The van der Waals surface area contributed by atoms with Crippen molar-refractivity contribution in [3.8, 4) is 0 Å². The fraction of sp³-hybridized carbons (Fsp3) is 0.265. The number of esters is 1. The standard InChI is InChI=1S/C29H30NO6.C5H5.Fe/c1-28(2,3)25(31)30-24(22-17-11-12-18-22)36-26(32)29(30,4)23(21-15-9-6-10-16-21)35-27(33)34-19-20-13-7-5-8-14-20;1-2-4-5-3-1;/h5-18,23-24H,19H2,1-4H3;1-5H;/q;;+2/t23-,24+,29-;;/m1../s1. The van der Waals surface area contributed by atoms with E-state index >= 15 is 0 Å². The van der Waals surface area contributed by atoms with Crippen LogP contribution in [0, 0.1) is 69.1 Å². The van der Waals surface area contributed by atoms with Gasteiger partial charge in [-0.25, -0.2) is 9.59 Å². The average Bonchev–Trinajstić information content (AvgIpc) is 3.75. The van der Waals surface area contributed by atoms with E-state index in [1.807, 2.05) is 81.3 Å². The van der Waals surface area contributed by atoms with E-state index in [9.17, 15) is 14.4 Å². The van der Waals surface area contributed by atoms with E-state index < -0.39 is 35.4 Å². The zero-order valence-corrected chi connectivity index (χ0v) is 25.2. The molecule has 3 aliphatic rings. The topological polar surface area (TPSA) is 82.1 Å². The fourth-order valence-corrected chi connectivity index (χ4v) is 4.60. The Kier molecular flexibility index (Phi) is 12.1. The van der Waals surface area contributed by atoms with Crippen molar-refractivity contribution in [3.63, 3.8) is 0 Å². The Morgan fingerprint density at radius 3 is 1.93 bits per heavy atom. The van der Waals surface area contributed by atoms with Crippen molar-refractivity contribution in [2.45, 2.75) is 52.2 Å². The molecule has 2 aliphatic carbocycles. The van der Waals surface area contributed by atoms with Gasteiger partial charge in [0.15, 0.2) is 17.9 Å². The number of hydrogen-bond acceptors (Lipinski definition) is 6. The van der Waals surface area contributed by atoms with Crippen LogP contribution in [0.2, 0.25) is 0 Å².